The van der Waals surface area contributed by atoms with Crippen LogP contribution >= 0.6 is 0 Å². The van der Waals surface area contributed by atoms with Crippen molar-refractivity contribution in [1.82, 2.24) is 4.90 Å². The number of hydrogen-bond donors (Lipinski definition) is 0. The van der Waals surface area contributed by atoms with Crippen molar-refractivity contribution in [3.05, 3.63) is 59.7 Å². The molecule has 0 aromatic heterocycles. The molecule has 3 heterocycles. The third kappa shape index (κ3) is 4.02. The number of benzene rings is 2. The van der Waals surface area contributed by atoms with Crippen molar-refractivity contribution in [2.45, 2.75) is 36.9 Å². The second-order valence-electron chi connectivity index (χ2n) is 8.58. The number of amides is 1. The largest absolute Gasteiger partial charge is 0.350 e. The summed E-state index contributed by atoms with van der Waals surface area (Å²) in [6.45, 7) is 2.93. The fraction of sp³-hybridized carbons (Fsp3) is 0.458. The lowest BCUT2D eigenvalue weighted by molar-refractivity contribution is -0.0956. The lowest BCUT2D eigenvalue weighted by atomic mass is 9.95. The second-order valence-corrected chi connectivity index (χ2v) is 10.4. The molecule has 0 bridgehead atoms. The zero-order valence-corrected chi connectivity index (χ0v) is 18.8. The van der Waals surface area contributed by atoms with Crippen LogP contribution in [0, 0.1) is 5.92 Å². The van der Waals surface area contributed by atoms with Gasteiger partial charge in [-0.15, -0.1) is 0 Å². The summed E-state index contributed by atoms with van der Waals surface area (Å²) < 4.78 is 39.6. The molecule has 3 aliphatic rings. The first kappa shape index (κ1) is 21.4. The van der Waals surface area contributed by atoms with E-state index in [1.807, 2.05) is 24.3 Å². The molecule has 170 valence electrons. The van der Waals surface area contributed by atoms with E-state index < -0.39 is 10.0 Å². The molecule has 5 rings (SSSR count). The predicted molar refractivity (Wildman–Crippen MR) is 120 cm³/mol. The lowest BCUT2D eigenvalue weighted by Gasteiger charge is -2.34. The molecule has 32 heavy (non-hydrogen) atoms. The van der Waals surface area contributed by atoms with E-state index in [2.05, 4.69) is 0 Å². The monoisotopic (exact) mass is 456 g/mol. The Hall–Kier alpha value is -2.42. The Kier molecular flexibility index (Phi) is 5.92. The third-order valence-electron chi connectivity index (χ3n) is 6.60. The van der Waals surface area contributed by atoms with Crippen molar-refractivity contribution < 1.29 is 22.7 Å². The van der Waals surface area contributed by atoms with E-state index in [-0.39, 0.29) is 17.1 Å². The first-order valence-electron chi connectivity index (χ1n) is 11.3. The van der Waals surface area contributed by atoms with E-state index >= 15 is 0 Å². The Morgan fingerprint density at radius 1 is 0.938 bits per heavy atom. The molecule has 0 saturated carbocycles. The molecule has 2 saturated heterocycles. The maximum atomic E-state index is 13.5. The molecule has 0 N–H and O–H groups in total. The van der Waals surface area contributed by atoms with Gasteiger partial charge in [0.05, 0.1) is 23.8 Å². The summed E-state index contributed by atoms with van der Waals surface area (Å²) in [6, 6.07) is 14.1. The van der Waals surface area contributed by atoms with E-state index in [1.165, 1.54) is 10.4 Å². The summed E-state index contributed by atoms with van der Waals surface area (Å²) in [4.78, 5) is 15.1. The summed E-state index contributed by atoms with van der Waals surface area (Å²) >= 11 is 0. The third-order valence-corrected chi connectivity index (χ3v) is 8.41. The number of carbonyl (C=O) groups is 1. The number of sulfonamides is 1. The van der Waals surface area contributed by atoms with Crippen LogP contribution in [0.1, 0.15) is 35.2 Å². The van der Waals surface area contributed by atoms with Crippen LogP contribution < -0.4 is 4.31 Å². The summed E-state index contributed by atoms with van der Waals surface area (Å²) in [5.74, 6) is 0.167. The van der Waals surface area contributed by atoms with Gasteiger partial charge >= 0.3 is 0 Å². The lowest BCUT2D eigenvalue weighted by Crippen LogP contribution is -2.41. The molecule has 0 aliphatic carbocycles. The molecule has 3 aliphatic heterocycles. The minimum atomic E-state index is -3.75. The van der Waals surface area contributed by atoms with Crippen LogP contribution in [0.4, 0.5) is 5.69 Å². The molecule has 0 radical (unpaired) electrons. The quantitative estimate of drug-likeness (QED) is 0.707. The Bertz CT molecular complexity index is 1090. The smallest absolute Gasteiger partial charge is 0.264 e. The molecule has 2 aromatic rings. The van der Waals surface area contributed by atoms with Crippen LogP contribution in [0.5, 0.6) is 0 Å². The highest BCUT2D eigenvalue weighted by Gasteiger charge is 2.33. The van der Waals surface area contributed by atoms with Gasteiger partial charge in [0, 0.05) is 31.1 Å². The minimum absolute atomic E-state index is 0.132. The Balaban J connectivity index is 1.33. The summed E-state index contributed by atoms with van der Waals surface area (Å²) in [5.41, 5.74) is 2.17. The van der Waals surface area contributed by atoms with Crippen LogP contribution in [0.25, 0.3) is 0 Å². The van der Waals surface area contributed by atoms with Gasteiger partial charge in [-0.3, -0.25) is 9.10 Å². The molecular formula is C24H28N2O5S. The highest BCUT2D eigenvalue weighted by atomic mass is 32.2. The number of para-hydroxylation sites is 1. The van der Waals surface area contributed by atoms with Gasteiger partial charge < -0.3 is 14.4 Å². The van der Waals surface area contributed by atoms with Gasteiger partial charge in [0.1, 0.15) is 0 Å². The number of piperidine rings is 1. The minimum Gasteiger partial charge on any atom is -0.350 e. The Morgan fingerprint density at radius 3 is 2.47 bits per heavy atom. The maximum absolute atomic E-state index is 13.5. The number of aryl methyl sites for hydroxylation is 1. The van der Waals surface area contributed by atoms with E-state index in [0.29, 0.717) is 44.3 Å². The molecule has 0 spiro atoms. The number of fused-ring (bicyclic) bond motifs is 1. The topological polar surface area (TPSA) is 76.2 Å². The molecule has 7 nitrogen and oxygen atoms in total. The van der Waals surface area contributed by atoms with Crippen molar-refractivity contribution in [2.75, 3.05) is 37.2 Å². The molecule has 8 heteroatoms. The SMILES string of the molecule is O=C(c1cccc(S(=O)(=O)N2CCCc3ccccc32)c1)N1CCC(C2OCCO2)CC1. The predicted octanol–water partition coefficient (Wildman–Crippen LogP) is 3.05. The van der Waals surface area contributed by atoms with Crippen LogP contribution in [0.15, 0.2) is 53.4 Å². The zero-order chi connectivity index (χ0) is 22.1. The molecule has 2 fully saturated rings. The highest BCUT2D eigenvalue weighted by molar-refractivity contribution is 7.92. The number of carbonyl (C=O) groups excluding carboxylic acids is 1. The number of ether oxygens (including phenoxy) is 2. The molecular weight excluding hydrogens is 428 g/mol. The van der Waals surface area contributed by atoms with Gasteiger partial charge in [-0.05, 0) is 55.5 Å². The zero-order valence-electron chi connectivity index (χ0n) is 18.0. The van der Waals surface area contributed by atoms with Gasteiger partial charge in [-0.2, -0.15) is 0 Å². The second kappa shape index (κ2) is 8.84. The van der Waals surface area contributed by atoms with Crippen molar-refractivity contribution in [3.63, 3.8) is 0 Å². The Morgan fingerprint density at radius 2 is 1.69 bits per heavy atom. The van der Waals surface area contributed by atoms with Gasteiger partial charge in [0.15, 0.2) is 6.29 Å². The number of nitrogens with zero attached hydrogens (tertiary/aromatic N) is 2. The normalized spacial score (nSPS) is 20.4. The number of likely N-dealkylation sites (tertiary alicyclic amines) is 1. The van der Waals surface area contributed by atoms with Crippen molar-refractivity contribution in [1.29, 1.82) is 0 Å². The average molecular weight is 457 g/mol. The van der Waals surface area contributed by atoms with E-state index in [4.69, 9.17) is 9.47 Å². The van der Waals surface area contributed by atoms with E-state index in [1.54, 1.807) is 23.1 Å². The number of anilines is 1. The molecule has 1 amide bonds. The van der Waals surface area contributed by atoms with Crippen molar-refractivity contribution in [2.24, 2.45) is 5.92 Å². The van der Waals surface area contributed by atoms with Crippen molar-refractivity contribution >= 4 is 21.6 Å². The van der Waals surface area contributed by atoms with Gasteiger partial charge in [-0.1, -0.05) is 24.3 Å². The maximum Gasteiger partial charge on any atom is 0.264 e. The molecule has 2 aromatic carbocycles. The fourth-order valence-corrected chi connectivity index (χ4v) is 6.46. The molecule has 0 atom stereocenters. The average Bonchev–Trinajstić information content (AvgIpc) is 3.38. The fourth-order valence-electron chi connectivity index (χ4n) is 4.87. The van der Waals surface area contributed by atoms with Crippen LogP contribution in [-0.4, -0.2) is 58.4 Å². The van der Waals surface area contributed by atoms with E-state index in [9.17, 15) is 13.2 Å². The van der Waals surface area contributed by atoms with Crippen LogP contribution in [-0.2, 0) is 25.9 Å². The number of rotatable bonds is 4. The summed E-state index contributed by atoms with van der Waals surface area (Å²) in [6.07, 6.45) is 3.12. The van der Waals surface area contributed by atoms with Crippen LogP contribution in [0.3, 0.4) is 0 Å². The summed E-state index contributed by atoms with van der Waals surface area (Å²) in [7, 11) is -3.75. The van der Waals surface area contributed by atoms with Gasteiger partial charge in [-0.25, -0.2) is 8.42 Å². The summed E-state index contributed by atoms with van der Waals surface area (Å²) in [5, 5.41) is 0. The highest BCUT2D eigenvalue weighted by Crippen LogP contribution is 2.32. The Labute approximate surface area is 189 Å². The standard InChI is InChI=1S/C24H28N2O5S/c27-23(25-13-10-19(11-14-25)24-30-15-16-31-24)20-6-3-8-21(17-20)32(28,29)26-12-4-7-18-5-1-2-9-22(18)26/h1-3,5-6,8-9,17,19,24H,4,7,10-16H2. The first-order chi connectivity index (χ1) is 15.5. The van der Waals surface area contributed by atoms with E-state index in [0.717, 1.165) is 36.9 Å². The van der Waals surface area contributed by atoms with Crippen LogP contribution in [0.2, 0.25) is 0 Å². The van der Waals surface area contributed by atoms with Gasteiger partial charge in [0.25, 0.3) is 15.9 Å². The van der Waals surface area contributed by atoms with Crippen molar-refractivity contribution in [3.8, 4) is 0 Å². The van der Waals surface area contributed by atoms with Gasteiger partial charge in [0.2, 0.25) is 0 Å². The molecule has 0 unspecified atom stereocenters. The number of hydrogen-bond acceptors (Lipinski definition) is 5. The first-order valence-corrected chi connectivity index (χ1v) is 12.7.